The number of hydrogen-bond acceptors (Lipinski definition) is 2. The van der Waals surface area contributed by atoms with E-state index < -0.39 is 0 Å². The molecular weight excluding hydrogens is 368 g/mol. The molecule has 1 amide bonds. The number of likely N-dealkylation sites (tertiary alicyclic amines) is 1. The quantitative estimate of drug-likeness (QED) is 0.272. The molecule has 1 heterocycles. The SMILES string of the molecule is CC(C)CCCC(C)CCCC(C)CCCC(C)CC(=O)NCCN1CCCCC1. The van der Waals surface area contributed by atoms with Gasteiger partial charge < -0.3 is 10.2 Å². The minimum Gasteiger partial charge on any atom is -0.355 e. The summed E-state index contributed by atoms with van der Waals surface area (Å²) in [4.78, 5) is 14.7. The lowest BCUT2D eigenvalue weighted by Crippen LogP contribution is -2.37. The second-order valence-corrected chi connectivity index (χ2v) is 11.0. The summed E-state index contributed by atoms with van der Waals surface area (Å²) >= 11 is 0. The summed E-state index contributed by atoms with van der Waals surface area (Å²) in [5.74, 6) is 3.33. The zero-order valence-electron chi connectivity index (χ0n) is 21.2. The average molecular weight is 423 g/mol. The molecule has 0 aromatic heterocycles. The molecule has 0 aliphatic carbocycles. The van der Waals surface area contributed by atoms with Gasteiger partial charge in [0.2, 0.25) is 5.91 Å². The molecule has 0 spiro atoms. The molecule has 0 saturated carbocycles. The zero-order chi connectivity index (χ0) is 22.2. The van der Waals surface area contributed by atoms with Crippen molar-refractivity contribution in [3.8, 4) is 0 Å². The number of nitrogens with one attached hydrogen (secondary N) is 1. The summed E-state index contributed by atoms with van der Waals surface area (Å²) < 4.78 is 0. The van der Waals surface area contributed by atoms with E-state index >= 15 is 0 Å². The first kappa shape index (κ1) is 27.5. The van der Waals surface area contributed by atoms with E-state index in [1.54, 1.807) is 0 Å². The lowest BCUT2D eigenvalue weighted by atomic mass is 9.90. The van der Waals surface area contributed by atoms with Crippen molar-refractivity contribution in [1.29, 1.82) is 0 Å². The fraction of sp³-hybridized carbons (Fsp3) is 0.963. The highest BCUT2D eigenvalue weighted by Gasteiger charge is 2.13. The molecule has 30 heavy (non-hydrogen) atoms. The van der Waals surface area contributed by atoms with E-state index in [1.165, 1.54) is 90.1 Å². The predicted molar refractivity (Wildman–Crippen MR) is 132 cm³/mol. The fourth-order valence-corrected chi connectivity index (χ4v) is 4.82. The molecule has 1 aliphatic rings. The topological polar surface area (TPSA) is 32.3 Å². The van der Waals surface area contributed by atoms with Crippen LogP contribution in [-0.2, 0) is 4.79 Å². The number of amides is 1. The fourth-order valence-electron chi connectivity index (χ4n) is 4.82. The lowest BCUT2D eigenvalue weighted by Gasteiger charge is -2.26. The summed E-state index contributed by atoms with van der Waals surface area (Å²) in [6.45, 7) is 16.0. The summed E-state index contributed by atoms with van der Waals surface area (Å²) in [6.07, 6.45) is 16.8. The van der Waals surface area contributed by atoms with Crippen LogP contribution in [0.15, 0.2) is 0 Å². The number of hydrogen-bond donors (Lipinski definition) is 1. The van der Waals surface area contributed by atoms with E-state index in [-0.39, 0.29) is 5.91 Å². The molecule has 0 aromatic carbocycles. The van der Waals surface area contributed by atoms with Gasteiger partial charge in [-0.3, -0.25) is 4.79 Å². The molecule has 0 radical (unpaired) electrons. The third-order valence-electron chi connectivity index (χ3n) is 7.00. The molecule has 0 bridgehead atoms. The Balaban J connectivity index is 1.97. The van der Waals surface area contributed by atoms with Crippen LogP contribution in [0.3, 0.4) is 0 Å². The van der Waals surface area contributed by atoms with Crippen LogP contribution in [0.2, 0.25) is 0 Å². The summed E-state index contributed by atoms with van der Waals surface area (Å²) in [5.41, 5.74) is 0. The highest BCUT2D eigenvalue weighted by atomic mass is 16.1. The van der Waals surface area contributed by atoms with Crippen molar-refractivity contribution in [2.75, 3.05) is 26.2 Å². The number of carbonyl (C=O) groups is 1. The van der Waals surface area contributed by atoms with Gasteiger partial charge in [-0.25, -0.2) is 0 Å². The molecule has 1 N–H and O–H groups in total. The van der Waals surface area contributed by atoms with Gasteiger partial charge >= 0.3 is 0 Å². The Labute approximate surface area is 189 Å². The second kappa shape index (κ2) is 17.0. The van der Waals surface area contributed by atoms with Crippen molar-refractivity contribution in [2.45, 2.75) is 118 Å². The zero-order valence-corrected chi connectivity index (χ0v) is 21.2. The van der Waals surface area contributed by atoms with Gasteiger partial charge in [0, 0.05) is 19.5 Å². The van der Waals surface area contributed by atoms with Crippen molar-refractivity contribution in [3.63, 3.8) is 0 Å². The molecule has 178 valence electrons. The first-order valence-corrected chi connectivity index (χ1v) is 13.4. The maximum atomic E-state index is 12.2. The molecule has 3 heteroatoms. The largest absolute Gasteiger partial charge is 0.355 e. The molecule has 0 aromatic rings. The average Bonchev–Trinajstić information content (AvgIpc) is 2.68. The first-order chi connectivity index (χ1) is 14.4. The molecule has 1 saturated heterocycles. The number of nitrogens with zero attached hydrogens (tertiary/aromatic N) is 1. The summed E-state index contributed by atoms with van der Waals surface area (Å²) in [7, 11) is 0. The number of piperidine rings is 1. The summed E-state index contributed by atoms with van der Waals surface area (Å²) in [5, 5.41) is 3.14. The minimum absolute atomic E-state index is 0.249. The molecular formula is C27H54N2O. The monoisotopic (exact) mass is 422 g/mol. The van der Waals surface area contributed by atoms with E-state index in [4.69, 9.17) is 0 Å². The van der Waals surface area contributed by atoms with E-state index in [2.05, 4.69) is 44.8 Å². The van der Waals surface area contributed by atoms with Gasteiger partial charge in [0.15, 0.2) is 0 Å². The molecule has 1 fully saturated rings. The van der Waals surface area contributed by atoms with Gasteiger partial charge in [0.05, 0.1) is 0 Å². The van der Waals surface area contributed by atoms with Gasteiger partial charge in [-0.15, -0.1) is 0 Å². The second-order valence-electron chi connectivity index (χ2n) is 11.0. The van der Waals surface area contributed by atoms with Crippen LogP contribution in [-0.4, -0.2) is 37.0 Å². The molecule has 1 rings (SSSR count). The van der Waals surface area contributed by atoms with Gasteiger partial charge in [0.25, 0.3) is 0 Å². The van der Waals surface area contributed by atoms with Crippen molar-refractivity contribution < 1.29 is 4.79 Å². The first-order valence-electron chi connectivity index (χ1n) is 13.4. The Morgan fingerprint density at radius 3 is 1.77 bits per heavy atom. The lowest BCUT2D eigenvalue weighted by molar-refractivity contribution is -0.122. The van der Waals surface area contributed by atoms with E-state index in [9.17, 15) is 4.79 Å². The third kappa shape index (κ3) is 15.3. The molecule has 3 atom stereocenters. The maximum absolute atomic E-state index is 12.2. The smallest absolute Gasteiger partial charge is 0.220 e. The number of rotatable bonds is 17. The van der Waals surface area contributed by atoms with Crippen LogP contribution >= 0.6 is 0 Å². The number of carbonyl (C=O) groups excluding carboxylic acids is 1. The van der Waals surface area contributed by atoms with Crippen LogP contribution in [0, 0.1) is 23.7 Å². The van der Waals surface area contributed by atoms with Gasteiger partial charge in [-0.05, 0) is 49.6 Å². The normalized spacial score (nSPS) is 18.3. The Kier molecular flexibility index (Phi) is 15.6. The van der Waals surface area contributed by atoms with Gasteiger partial charge in [0.1, 0.15) is 0 Å². The standard InChI is InChI=1S/C27H54N2O/c1-23(2)12-9-13-24(3)14-10-15-25(4)16-11-17-26(5)22-27(30)28-18-21-29-19-7-6-8-20-29/h23-26H,6-22H2,1-5H3,(H,28,30). The van der Waals surface area contributed by atoms with Crippen molar-refractivity contribution >= 4 is 5.91 Å². The maximum Gasteiger partial charge on any atom is 0.220 e. The van der Waals surface area contributed by atoms with Crippen LogP contribution in [0.5, 0.6) is 0 Å². The molecule has 3 nitrogen and oxygen atoms in total. The predicted octanol–water partition coefficient (Wildman–Crippen LogP) is 7.05. The van der Waals surface area contributed by atoms with Crippen molar-refractivity contribution in [1.82, 2.24) is 10.2 Å². The van der Waals surface area contributed by atoms with Gasteiger partial charge in [-0.2, -0.15) is 0 Å². The Morgan fingerprint density at radius 1 is 0.733 bits per heavy atom. The van der Waals surface area contributed by atoms with Crippen molar-refractivity contribution in [3.05, 3.63) is 0 Å². The van der Waals surface area contributed by atoms with E-state index in [1.807, 2.05) is 0 Å². The van der Waals surface area contributed by atoms with Crippen LogP contribution in [0.4, 0.5) is 0 Å². The molecule has 3 unspecified atom stereocenters. The van der Waals surface area contributed by atoms with Crippen LogP contribution in [0.25, 0.3) is 0 Å². The highest BCUT2D eigenvalue weighted by Crippen LogP contribution is 2.22. The third-order valence-corrected chi connectivity index (χ3v) is 7.00. The van der Waals surface area contributed by atoms with Crippen molar-refractivity contribution in [2.24, 2.45) is 23.7 Å². The van der Waals surface area contributed by atoms with E-state index in [0.717, 1.165) is 30.8 Å². The Bertz CT molecular complexity index is 417. The Hall–Kier alpha value is -0.570. The van der Waals surface area contributed by atoms with Crippen LogP contribution in [0.1, 0.15) is 118 Å². The van der Waals surface area contributed by atoms with Crippen LogP contribution < -0.4 is 5.32 Å². The molecule has 1 aliphatic heterocycles. The highest BCUT2D eigenvalue weighted by molar-refractivity contribution is 5.76. The van der Waals surface area contributed by atoms with Gasteiger partial charge in [-0.1, -0.05) is 98.8 Å². The summed E-state index contributed by atoms with van der Waals surface area (Å²) in [6, 6.07) is 0. The Morgan fingerprint density at radius 2 is 1.23 bits per heavy atom. The minimum atomic E-state index is 0.249. The van der Waals surface area contributed by atoms with E-state index in [0.29, 0.717) is 12.3 Å².